The molecule has 1 aromatic heterocycles. The van der Waals surface area contributed by atoms with Gasteiger partial charge in [-0.2, -0.15) is 0 Å². The van der Waals surface area contributed by atoms with E-state index in [1.54, 1.807) is 0 Å². The van der Waals surface area contributed by atoms with Crippen LogP contribution in [0.3, 0.4) is 0 Å². The summed E-state index contributed by atoms with van der Waals surface area (Å²) >= 11 is 0. The van der Waals surface area contributed by atoms with Crippen molar-refractivity contribution in [3.8, 4) is 0 Å². The average Bonchev–Trinajstić information content (AvgIpc) is 2.90. The molecule has 0 radical (unpaired) electrons. The molecule has 0 fully saturated rings. The summed E-state index contributed by atoms with van der Waals surface area (Å²) in [5.41, 5.74) is 9.23. The number of nitrogens with one attached hydrogen (secondary N) is 1. The third kappa shape index (κ3) is 4.50. The van der Waals surface area contributed by atoms with Crippen molar-refractivity contribution in [3.63, 3.8) is 0 Å². The largest absolute Gasteiger partial charge is 0.459 e. The van der Waals surface area contributed by atoms with Crippen LogP contribution in [-0.4, -0.2) is 12.5 Å². The van der Waals surface area contributed by atoms with Crippen LogP contribution in [0.2, 0.25) is 0 Å². The highest BCUT2D eigenvalue weighted by molar-refractivity contribution is 14.0. The molecule has 3 rings (SSSR count). The summed E-state index contributed by atoms with van der Waals surface area (Å²) in [5.74, 6) is 1.31. The third-order valence-electron chi connectivity index (χ3n) is 3.90. The minimum absolute atomic E-state index is 0. The van der Waals surface area contributed by atoms with E-state index in [-0.39, 0.29) is 24.0 Å². The number of fused-ring (bicyclic) bond motifs is 1. The fourth-order valence-electron chi connectivity index (χ4n) is 2.57. The molecule has 0 atom stereocenters. The maximum Gasteiger partial charge on any atom is 0.189 e. The lowest BCUT2D eigenvalue weighted by Gasteiger charge is -2.05. The zero-order chi connectivity index (χ0) is 16.1. The number of halogens is 1. The number of hydrogen-bond acceptors (Lipinski definition) is 2. The number of aliphatic imine (C=N–C) groups is 1. The van der Waals surface area contributed by atoms with Gasteiger partial charge in [0.15, 0.2) is 5.96 Å². The van der Waals surface area contributed by atoms with Gasteiger partial charge in [-0.05, 0) is 25.0 Å². The highest BCUT2D eigenvalue weighted by Crippen LogP contribution is 2.25. The summed E-state index contributed by atoms with van der Waals surface area (Å²) in [6, 6.07) is 18.3. The molecule has 24 heavy (non-hydrogen) atoms. The van der Waals surface area contributed by atoms with Crippen LogP contribution in [-0.2, 0) is 13.0 Å². The van der Waals surface area contributed by atoms with Crippen LogP contribution in [0.5, 0.6) is 0 Å². The molecule has 0 bridgehead atoms. The molecular formula is C19H22IN3O. The Morgan fingerprint density at radius 3 is 2.54 bits per heavy atom. The lowest BCUT2D eigenvalue weighted by atomic mass is 10.1. The molecule has 4 nitrogen and oxygen atoms in total. The fraction of sp³-hybridized carbons (Fsp3) is 0.211. The molecule has 0 amide bonds. The summed E-state index contributed by atoms with van der Waals surface area (Å²) in [5, 5.41) is 4.27. The second kappa shape index (κ2) is 8.73. The molecule has 0 aliphatic heterocycles. The summed E-state index contributed by atoms with van der Waals surface area (Å²) in [4.78, 5) is 4.37. The number of furan rings is 1. The second-order valence-electron chi connectivity index (χ2n) is 5.51. The molecule has 0 spiro atoms. The van der Waals surface area contributed by atoms with E-state index in [0.717, 1.165) is 35.3 Å². The van der Waals surface area contributed by atoms with E-state index in [1.807, 2.05) is 36.4 Å². The quantitative estimate of drug-likeness (QED) is 0.362. The molecular weight excluding hydrogens is 413 g/mol. The second-order valence-corrected chi connectivity index (χ2v) is 5.51. The van der Waals surface area contributed by atoms with Crippen LogP contribution in [0.1, 0.15) is 16.9 Å². The predicted octanol–water partition coefficient (Wildman–Crippen LogP) is 4.01. The number of rotatable bonds is 5. The lowest BCUT2D eigenvalue weighted by Crippen LogP contribution is -2.33. The molecule has 0 saturated carbocycles. The van der Waals surface area contributed by atoms with Crippen LogP contribution in [0.25, 0.3) is 11.0 Å². The van der Waals surface area contributed by atoms with Gasteiger partial charge in [-0.15, -0.1) is 24.0 Å². The first-order valence-corrected chi connectivity index (χ1v) is 7.79. The van der Waals surface area contributed by atoms with E-state index in [4.69, 9.17) is 10.2 Å². The SMILES string of the molecule is Cc1c(CN=C(N)NCCc2ccccc2)oc2ccccc12.I. The van der Waals surface area contributed by atoms with Crippen molar-refractivity contribution in [2.45, 2.75) is 19.9 Å². The van der Waals surface area contributed by atoms with Gasteiger partial charge in [0.25, 0.3) is 0 Å². The Bertz CT molecular complexity index is 812. The number of nitrogens with zero attached hydrogens (tertiary/aromatic N) is 1. The first-order valence-electron chi connectivity index (χ1n) is 7.79. The van der Waals surface area contributed by atoms with E-state index in [0.29, 0.717) is 12.5 Å². The highest BCUT2D eigenvalue weighted by Gasteiger charge is 2.09. The Hall–Kier alpha value is -2.02. The van der Waals surface area contributed by atoms with Gasteiger partial charge >= 0.3 is 0 Å². The van der Waals surface area contributed by atoms with Crippen molar-refractivity contribution >= 4 is 40.9 Å². The summed E-state index contributed by atoms with van der Waals surface area (Å²) < 4.78 is 5.83. The van der Waals surface area contributed by atoms with E-state index in [2.05, 4.69) is 35.4 Å². The van der Waals surface area contributed by atoms with Gasteiger partial charge < -0.3 is 15.5 Å². The Kier molecular flexibility index (Phi) is 6.66. The first-order chi connectivity index (χ1) is 11.2. The van der Waals surface area contributed by atoms with E-state index >= 15 is 0 Å². The summed E-state index contributed by atoms with van der Waals surface area (Å²) in [6.07, 6.45) is 0.917. The van der Waals surface area contributed by atoms with Crippen molar-refractivity contribution in [1.29, 1.82) is 0 Å². The Morgan fingerprint density at radius 2 is 1.79 bits per heavy atom. The molecule has 0 aliphatic carbocycles. The Labute approximate surface area is 159 Å². The van der Waals surface area contributed by atoms with Gasteiger partial charge in [-0.3, -0.25) is 0 Å². The zero-order valence-electron chi connectivity index (χ0n) is 13.7. The maximum atomic E-state index is 5.93. The van der Waals surface area contributed by atoms with Gasteiger partial charge in [-0.25, -0.2) is 4.99 Å². The highest BCUT2D eigenvalue weighted by atomic mass is 127. The van der Waals surface area contributed by atoms with Gasteiger partial charge in [0.1, 0.15) is 17.9 Å². The average molecular weight is 435 g/mol. The number of aryl methyl sites for hydroxylation is 1. The lowest BCUT2D eigenvalue weighted by molar-refractivity contribution is 0.548. The monoisotopic (exact) mass is 435 g/mol. The van der Waals surface area contributed by atoms with Gasteiger partial charge in [0.05, 0.1) is 0 Å². The minimum Gasteiger partial charge on any atom is -0.459 e. The number of hydrogen-bond donors (Lipinski definition) is 2. The van der Waals surface area contributed by atoms with Crippen molar-refractivity contribution in [1.82, 2.24) is 5.32 Å². The summed E-state index contributed by atoms with van der Waals surface area (Å²) in [6.45, 7) is 3.26. The van der Waals surface area contributed by atoms with Crippen LogP contribution in [0.4, 0.5) is 0 Å². The molecule has 1 heterocycles. The smallest absolute Gasteiger partial charge is 0.189 e. The van der Waals surface area contributed by atoms with Crippen LogP contribution in [0.15, 0.2) is 64.0 Å². The van der Waals surface area contributed by atoms with Gasteiger partial charge in [0.2, 0.25) is 0 Å². The van der Waals surface area contributed by atoms with Crippen molar-refractivity contribution in [2.75, 3.05) is 6.54 Å². The first kappa shape index (κ1) is 18.3. The van der Waals surface area contributed by atoms with Crippen LogP contribution in [0, 0.1) is 6.92 Å². The third-order valence-corrected chi connectivity index (χ3v) is 3.90. The Morgan fingerprint density at radius 1 is 1.08 bits per heavy atom. The standard InChI is InChI=1S/C19H21N3O.HI/c1-14-16-9-5-6-10-17(16)23-18(14)13-22-19(20)21-12-11-15-7-3-2-4-8-15;/h2-10H,11-13H2,1H3,(H3,20,21,22);1H. The molecule has 2 aromatic carbocycles. The fourth-order valence-corrected chi connectivity index (χ4v) is 2.57. The van der Waals surface area contributed by atoms with E-state index in [1.165, 1.54) is 5.56 Å². The molecule has 3 aromatic rings. The van der Waals surface area contributed by atoms with Crippen LogP contribution < -0.4 is 11.1 Å². The summed E-state index contributed by atoms with van der Waals surface area (Å²) in [7, 11) is 0. The van der Waals surface area contributed by atoms with Crippen molar-refractivity contribution < 1.29 is 4.42 Å². The Balaban J connectivity index is 0.00000208. The normalized spacial score (nSPS) is 11.3. The number of nitrogens with two attached hydrogens (primary N) is 1. The topological polar surface area (TPSA) is 63.5 Å². The molecule has 126 valence electrons. The number of benzene rings is 2. The minimum atomic E-state index is 0. The molecule has 0 aliphatic rings. The van der Waals surface area contributed by atoms with Gasteiger partial charge in [-0.1, -0.05) is 48.5 Å². The number of para-hydroxylation sites is 1. The molecule has 3 N–H and O–H groups in total. The van der Waals surface area contributed by atoms with Crippen LogP contribution >= 0.6 is 24.0 Å². The maximum absolute atomic E-state index is 5.93. The van der Waals surface area contributed by atoms with Gasteiger partial charge in [0, 0.05) is 17.5 Å². The molecule has 0 unspecified atom stereocenters. The number of guanidine groups is 1. The van der Waals surface area contributed by atoms with E-state index in [9.17, 15) is 0 Å². The van der Waals surface area contributed by atoms with Crippen molar-refractivity contribution in [3.05, 3.63) is 71.5 Å². The molecule has 5 heteroatoms. The van der Waals surface area contributed by atoms with Crippen molar-refractivity contribution in [2.24, 2.45) is 10.7 Å². The van der Waals surface area contributed by atoms with E-state index < -0.39 is 0 Å². The molecule has 0 saturated heterocycles. The zero-order valence-corrected chi connectivity index (χ0v) is 16.0. The predicted molar refractivity (Wildman–Crippen MR) is 110 cm³/mol.